The Morgan fingerprint density at radius 1 is 1.21 bits per heavy atom. The van der Waals surface area contributed by atoms with Gasteiger partial charge in [-0.3, -0.25) is 4.79 Å². The van der Waals surface area contributed by atoms with Crippen molar-refractivity contribution >= 4 is 11.6 Å². The van der Waals surface area contributed by atoms with E-state index in [1.165, 1.54) is 18.3 Å². The molecule has 146 valence electrons. The lowest BCUT2D eigenvalue weighted by molar-refractivity contribution is -0.137. The Labute approximate surface area is 160 Å². The summed E-state index contributed by atoms with van der Waals surface area (Å²) in [5, 5.41) is 14.1. The minimum absolute atomic E-state index is 0.331. The van der Waals surface area contributed by atoms with Crippen LogP contribution in [0.1, 0.15) is 11.1 Å². The number of hydrogen-bond donors (Lipinski definition) is 2. The fraction of sp³-hybridized carbons (Fsp3) is 0.200. The highest BCUT2D eigenvalue weighted by molar-refractivity contribution is 6.06. The van der Waals surface area contributed by atoms with Gasteiger partial charge in [0.1, 0.15) is 17.4 Å². The molecule has 2 N–H and O–H groups in total. The van der Waals surface area contributed by atoms with E-state index in [0.29, 0.717) is 18.7 Å². The minimum Gasteiger partial charge on any atom is -0.497 e. The summed E-state index contributed by atoms with van der Waals surface area (Å²) in [5.74, 6) is -0.207. The molecule has 0 radical (unpaired) electrons. The van der Waals surface area contributed by atoms with Crippen LogP contribution in [0.3, 0.4) is 0 Å². The number of para-hydroxylation sites is 1. The number of alkyl halides is 3. The monoisotopic (exact) mass is 389 g/mol. The number of nitrogens with one attached hydrogen (secondary N) is 2. The van der Waals surface area contributed by atoms with Gasteiger partial charge in [-0.25, -0.2) is 0 Å². The molecule has 0 bridgehead atoms. The van der Waals surface area contributed by atoms with Crippen molar-refractivity contribution in [1.29, 1.82) is 5.26 Å². The Morgan fingerprint density at radius 2 is 1.96 bits per heavy atom. The number of carbonyl (C=O) groups is 1. The molecule has 0 aliphatic rings. The van der Waals surface area contributed by atoms with Gasteiger partial charge in [-0.15, -0.1) is 0 Å². The number of nitriles is 1. The maximum absolute atomic E-state index is 13.0. The minimum atomic E-state index is -4.62. The van der Waals surface area contributed by atoms with Crippen LogP contribution in [-0.4, -0.2) is 19.6 Å². The lowest BCUT2D eigenvalue weighted by atomic mass is 10.1. The van der Waals surface area contributed by atoms with E-state index >= 15 is 0 Å². The smallest absolute Gasteiger partial charge is 0.418 e. The highest BCUT2D eigenvalue weighted by atomic mass is 19.4. The predicted molar refractivity (Wildman–Crippen MR) is 98.5 cm³/mol. The first kappa shape index (κ1) is 20.8. The molecule has 0 heterocycles. The highest BCUT2D eigenvalue weighted by Crippen LogP contribution is 2.34. The van der Waals surface area contributed by atoms with E-state index in [0.717, 1.165) is 17.7 Å². The second-order valence-corrected chi connectivity index (χ2v) is 5.72. The zero-order valence-electron chi connectivity index (χ0n) is 15.0. The number of hydrogen-bond acceptors (Lipinski definition) is 4. The zero-order chi connectivity index (χ0) is 20.6. The first-order valence-electron chi connectivity index (χ1n) is 8.29. The summed E-state index contributed by atoms with van der Waals surface area (Å²) in [6.07, 6.45) is -2.83. The summed E-state index contributed by atoms with van der Waals surface area (Å²) in [6, 6.07) is 13.7. The lowest BCUT2D eigenvalue weighted by Gasteiger charge is -2.13. The molecule has 5 nitrogen and oxygen atoms in total. The lowest BCUT2D eigenvalue weighted by Crippen LogP contribution is -2.20. The van der Waals surface area contributed by atoms with Gasteiger partial charge in [0.2, 0.25) is 0 Å². The molecule has 0 saturated carbocycles. The number of nitrogens with zero attached hydrogens (tertiary/aromatic N) is 1. The summed E-state index contributed by atoms with van der Waals surface area (Å²) in [5.41, 5.74) is -0.728. The fourth-order valence-electron chi connectivity index (χ4n) is 2.40. The van der Waals surface area contributed by atoms with Gasteiger partial charge in [-0.2, -0.15) is 18.4 Å². The summed E-state index contributed by atoms with van der Waals surface area (Å²) in [4.78, 5) is 12.1. The van der Waals surface area contributed by atoms with Gasteiger partial charge in [0, 0.05) is 12.7 Å². The van der Waals surface area contributed by atoms with E-state index < -0.39 is 23.3 Å². The fourth-order valence-corrected chi connectivity index (χ4v) is 2.40. The van der Waals surface area contributed by atoms with Gasteiger partial charge in [-0.1, -0.05) is 24.3 Å². The van der Waals surface area contributed by atoms with Crippen molar-refractivity contribution < 1.29 is 22.7 Å². The van der Waals surface area contributed by atoms with E-state index in [9.17, 15) is 18.0 Å². The van der Waals surface area contributed by atoms with Crippen molar-refractivity contribution in [2.45, 2.75) is 12.6 Å². The van der Waals surface area contributed by atoms with Gasteiger partial charge in [0.25, 0.3) is 5.91 Å². The molecule has 0 aromatic heterocycles. The van der Waals surface area contributed by atoms with Crippen molar-refractivity contribution in [3.63, 3.8) is 0 Å². The van der Waals surface area contributed by atoms with E-state index in [4.69, 9.17) is 10.00 Å². The number of rotatable bonds is 7. The highest BCUT2D eigenvalue weighted by Gasteiger charge is 2.33. The molecule has 2 aromatic carbocycles. The number of carbonyl (C=O) groups excluding carboxylic acids is 1. The van der Waals surface area contributed by atoms with E-state index in [1.807, 2.05) is 24.3 Å². The van der Waals surface area contributed by atoms with Gasteiger partial charge in [0.05, 0.1) is 18.4 Å². The molecule has 0 unspecified atom stereocenters. The number of benzene rings is 2. The van der Waals surface area contributed by atoms with E-state index in [2.05, 4.69) is 10.6 Å². The zero-order valence-corrected chi connectivity index (χ0v) is 15.0. The van der Waals surface area contributed by atoms with Gasteiger partial charge < -0.3 is 15.4 Å². The first-order valence-corrected chi connectivity index (χ1v) is 8.29. The number of amides is 1. The van der Waals surface area contributed by atoms with Crippen LogP contribution < -0.4 is 15.4 Å². The molecule has 1 amide bonds. The van der Waals surface area contributed by atoms with Crippen molar-refractivity contribution in [3.8, 4) is 11.8 Å². The Hall–Kier alpha value is -3.47. The van der Waals surface area contributed by atoms with Gasteiger partial charge in [-0.05, 0) is 36.2 Å². The third-order valence-electron chi connectivity index (χ3n) is 3.78. The van der Waals surface area contributed by atoms with Crippen LogP contribution in [0.15, 0.2) is 60.3 Å². The van der Waals surface area contributed by atoms with Gasteiger partial charge in [0.15, 0.2) is 0 Å². The normalized spacial score (nSPS) is 11.5. The first-order chi connectivity index (χ1) is 13.3. The van der Waals surface area contributed by atoms with Crippen molar-refractivity contribution in [2.75, 3.05) is 19.0 Å². The molecule has 2 rings (SSSR count). The molecule has 28 heavy (non-hydrogen) atoms. The van der Waals surface area contributed by atoms with Crippen LogP contribution in [0.5, 0.6) is 5.75 Å². The molecule has 0 aliphatic carbocycles. The topological polar surface area (TPSA) is 74.1 Å². The standard InChI is InChI=1S/C20H18F3N3O2/c1-28-16-6-4-5-14(11-16)9-10-25-13-15(12-24)19(27)26-18-8-3-2-7-17(18)20(21,22)23/h2-8,11,13,25H,9-10H2,1H3,(H,26,27)/b15-13-. The predicted octanol–water partition coefficient (Wildman–Crippen LogP) is 3.89. The summed E-state index contributed by atoms with van der Waals surface area (Å²) < 4.78 is 44.1. The van der Waals surface area contributed by atoms with Crippen LogP contribution in [0.2, 0.25) is 0 Å². The Bertz CT molecular complexity index is 902. The SMILES string of the molecule is COc1cccc(CCN/C=C(/C#N)C(=O)Nc2ccccc2C(F)(F)F)c1. The number of halogens is 3. The van der Waals surface area contributed by atoms with E-state index in [1.54, 1.807) is 13.2 Å². The van der Waals surface area contributed by atoms with Crippen LogP contribution >= 0.6 is 0 Å². The molecule has 2 aromatic rings. The van der Waals surface area contributed by atoms with Gasteiger partial charge >= 0.3 is 6.18 Å². The molecule has 0 fully saturated rings. The van der Waals surface area contributed by atoms with Crippen LogP contribution in [0.4, 0.5) is 18.9 Å². The molecule has 0 atom stereocenters. The Kier molecular flexibility index (Phi) is 7.04. The molecular formula is C20H18F3N3O2. The number of methoxy groups -OCH3 is 1. The maximum Gasteiger partial charge on any atom is 0.418 e. The molecular weight excluding hydrogens is 371 g/mol. The van der Waals surface area contributed by atoms with Crippen molar-refractivity contribution in [1.82, 2.24) is 5.32 Å². The average molecular weight is 389 g/mol. The molecule has 0 spiro atoms. The number of ether oxygens (including phenoxy) is 1. The maximum atomic E-state index is 13.0. The Morgan fingerprint density at radius 3 is 2.64 bits per heavy atom. The largest absolute Gasteiger partial charge is 0.497 e. The molecule has 8 heteroatoms. The van der Waals surface area contributed by atoms with Crippen LogP contribution in [0, 0.1) is 11.3 Å². The second-order valence-electron chi connectivity index (χ2n) is 5.72. The Balaban J connectivity index is 1.99. The second kappa shape index (κ2) is 9.46. The third kappa shape index (κ3) is 5.77. The summed E-state index contributed by atoms with van der Waals surface area (Å²) in [6.45, 7) is 0.421. The van der Waals surface area contributed by atoms with E-state index in [-0.39, 0.29) is 5.57 Å². The molecule has 0 saturated heterocycles. The summed E-state index contributed by atoms with van der Waals surface area (Å²) in [7, 11) is 1.56. The quantitative estimate of drug-likeness (QED) is 0.428. The summed E-state index contributed by atoms with van der Waals surface area (Å²) >= 11 is 0. The third-order valence-corrected chi connectivity index (χ3v) is 3.78. The van der Waals surface area contributed by atoms with Crippen LogP contribution in [0.25, 0.3) is 0 Å². The average Bonchev–Trinajstić information content (AvgIpc) is 2.67. The number of anilines is 1. The van der Waals surface area contributed by atoms with Crippen molar-refractivity contribution in [2.24, 2.45) is 0 Å². The van der Waals surface area contributed by atoms with Crippen LogP contribution in [-0.2, 0) is 17.4 Å². The van der Waals surface area contributed by atoms with Crippen molar-refractivity contribution in [3.05, 3.63) is 71.4 Å². The molecule has 0 aliphatic heterocycles.